The van der Waals surface area contributed by atoms with E-state index in [2.05, 4.69) is 15.9 Å². The maximum atomic E-state index is 13.9. The average Bonchev–Trinajstić information content (AvgIpc) is 2.68. The molecule has 0 saturated carbocycles. The smallest absolute Gasteiger partial charge is 0.131 e. The monoisotopic (exact) mass is 368 g/mol. The number of ether oxygens (including phenoxy) is 1. The molecule has 0 radical (unpaired) electrons. The first-order chi connectivity index (χ1) is 8.54. The number of alkyl halides is 1. The molecule has 0 aliphatic rings. The molecule has 1 unspecified atom stereocenters. The van der Waals surface area contributed by atoms with E-state index in [9.17, 15) is 4.39 Å². The van der Waals surface area contributed by atoms with Crippen LogP contribution in [0.4, 0.5) is 4.39 Å². The molecular formula is C12H8BrCl2FOS. The minimum Gasteiger partial charge on any atom is -0.496 e. The zero-order valence-corrected chi connectivity index (χ0v) is 13.1. The van der Waals surface area contributed by atoms with Crippen molar-refractivity contribution in [2.75, 3.05) is 7.11 Å². The van der Waals surface area contributed by atoms with Crippen molar-refractivity contribution in [2.24, 2.45) is 0 Å². The maximum absolute atomic E-state index is 13.9. The molecule has 0 spiro atoms. The summed E-state index contributed by atoms with van der Waals surface area (Å²) in [5.41, 5.74) is 0.326. The molecule has 1 atom stereocenters. The number of hydrogen-bond acceptors (Lipinski definition) is 2. The van der Waals surface area contributed by atoms with Gasteiger partial charge in [0, 0.05) is 4.88 Å². The molecule has 18 heavy (non-hydrogen) atoms. The number of thiophene rings is 1. The lowest BCUT2D eigenvalue weighted by Crippen LogP contribution is -1.99. The van der Waals surface area contributed by atoms with Crippen molar-refractivity contribution in [3.05, 3.63) is 49.3 Å². The van der Waals surface area contributed by atoms with Crippen molar-refractivity contribution in [3.63, 3.8) is 0 Å². The summed E-state index contributed by atoms with van der Waals surface area (Å²) >= 11 is 17.0. The van der Waals surface area contributed by atoms with Gasteiger partial charge in [0.25, 0.3) is 0 Å². The van der Waals surface area contributed by atoms with Gasteiger partial charge in [-0.1, -0.05) is 17.7 Å². The fraction of sp³-hybridized carbons (Fsp3) is 0.167. The molecule has 0 saturated heterocycles. The van der Waals surface area contributed by atoms with E-state index in [1.54, 1.807) is 18.2 Å². The molecule has 0 aliphatic heterocycles. The fourth-order valence-electron chi connectivity index (χ4n) is 1.57. The minimum absolute atomic E-state index is 0.326. The van der Waals surface area contributed by atoms with E-state index in [0.29, 0.717) is 16.3 Å². The van der Waals surface area contributed by atoms with Crippen molar-refractivity contribution in [2.45, 2.75) is 5.38 Å². The minimum atomic E-state index is -0.630. The molecule has 1 heterocycles. The van der Waals surface area contributed by atoms with Crippen molar-refractivity contribution in [1.82, 2.24) is 0 Å². The van der Waals surface area contributed by atoms with Crippen molar-refractivity contribution >= 4 is 50.5 Å². The van der Waals surface area contributed by atoms with Gasteiger partial charge >= 0.3 is 0 Å². The van der Waals surface area contributed by atoms with E-state index >= 15 is 0 Å². The zero-order chi connectivity index (χ0) is 13.3. The number of methoxy groups -OCH3 is 1. The van der Waals surface area contributed by atoms with Crippen molar-refractivity contribution in [3.8, 4) is 5.75 Å². The van der Waals surface area contributed by atoms with Gasteiger partial charge in [-0.05, 0) is 34.1 Å². The SMILES string of the molecule is COc1cccc(F)c1C(Cl)c1cc(Cl)c(Br)s1. The Bertz CT molecular complexity index is 554. The Morgan fingerprint density at radius 2 is 2.17 bits per heavy atom. The third-order valence-electron chi connectivity index (χ3n) is 2.40. The normalized spacial score (nSPS) is 12.5. The van der Waals surface area contributed by atoms with Crippen LogP contribution >= 0.6 is 50.5 Å². The molecule has 0 amide bonds. The Labute approximate surface area is 127 Å². The first kappa shape index (κ1) is 14.1. The Balaban J connectivity index is 2.48. The van der Waals surface area contributed by atoms with Gasteiger partial charge in [-0.3, -0.25) is 0 Å². The summed E-state index contributed by atoms with van der Waals surface area (Å²) in [5.74, 6) is 0.0330. The van der Waals surface area contributed by atoms with Crippen LogP contribution < -0.4 is 4.74 Å². The third kappa shape index (κ3) is 2.67. The van der Waals surface area contributed by atoms with Gasteiger partial charge in [0.05, 0.1) is 26.9 Å². The summed E-state index contributed by atoms with van der Waals surface area (Å²) in [6.45, 7) is 0. The van der Waals surface area contributed by atoms with Crippen LogP contribution in [0.1, 0.15) is 15.8 Å². The number of halogens is 4. The highest BCUT2D eigenvalue weighted by molar-refractivity contribution is 9.11. The van der Waals surface area contributed by atoms with Crippen molar-refractivity contribution in [1.29, 1.82) is 0 Å². The lowest BCUT2D eigenvalue weighted by molar-refractivity contribution is 0.405. The van der Waals surface area contributed by atoms with E-state index < -0.39 is 11.2 Å². The van der Waals surface area contributed by atoms with E-state index in [4.69, 9.17) is 27.9 Å². The van der Waals surface area contributed by atoms with Gasteiger partial charge in [0.2, 0.25) is 0 Å². The van der Waals surface area contributed by atoms with Gasteiger partial charge in [-0.2, -0.15) is 0 Å². The van der Waals surface area contributed by atoms with E-state index in [-0.39, 0.29) is 0 Å². The molecule has 6 heteroatoms. The topological polar surface area (TPSA) is 9.23 Å². The molecule has 2 aromatic rings. The quantitative estimate of drug-likeness (QED) is 0.636. The Hall–Kier alpha value is -0.290. The van der Waals surface area contributed by atoms with Gasteiger partial charge in [0.15, 0.2) is 0 Å². The lowest BCUT2D eigenvalue weighted by Gasteiger charge is -2.13. The van der Waals surface area contributed by atoms with Crippen LogP contribution in [0.15, 0.2) is 28.1 Å². The Kier molecular flexibility index (Phi) is 4.54. The van der Waals surface area contributed by atoms with Crippen LogP contribution in [0.5, 0.6) is 5.75 Å². The van der Waals surface area contributed by atoms with E-state index in [1.807, 2.05) is 0 Å². The summed E-state index contributed by atoms with van der Waals surface area (Å²) in [5, 5.41) is -0.0640. The maximum Gasteiger partial charge on any atom is 0.131 e. The van der Waals surface area contributed by atoms with Crippen molar-refractivity contribution < 1.29 is 9.13 Å². The molecule has 2 rings (SSSR count). The predicted octanol–water partition coefficient (Wildman–Crippen LogP) is 5.64. The Morgan fingerprint density at radius 3 is 2.72 bits per heavy atom. The highest BCUT2D eigenvalue weighted by Crippen LogP contribution is 2.43. The highest BCUT2D eigenvalue weighted by atomic mass is 79.9. The summed E-state index contributed by atoms with van der Waals surface area (Å²) in [6.07, 6.45) is 0. The second-order valence-corrected chi connectivity index (χ2v) is 6.73. The molecule has 0 aliphatic carbocycles. The van der Waals surface area contributed by atoms with Crippen LogP contribution in [0, 0.1) is 5.82 Å². The number of hydrogen-bond donors (Lipinski definition) is 0. The molecule has 96 valence electrons. The third-order valence-corrected chi connectivity index (χ3v) is 5.52. The fourth-order valence-corrected chi connectivity index (χ4v) is 3.71. The average molecular weight is 370 g/mol. The summed E-state index contributed by atoms with van der Waals surface area (Å²) in [4.78, 5) is 0.761. The molecule has 1 nitrogen and oxygen atoms in total. The van der Waals surface area contributed by atoms with Crippen LogP contribution in [0.2, 0.25) is 5.02 Å². The van der Waals surface area contributed by atoms with Gasteiger partial charge < -0.3 is 4.74 Å². The zero-order valence-electron chi connectivity index (χ0n) is 9.22. The Morgan fingerprint density at radius 1 is 1.44 bits per heavy atom. The molecule has 1 aromatic carbocycles. The second-order valence-electron chi connectivity index (χ2n) is 3.49. The lowest BCUT2D eigenvalue weighted by atomic mass is 10.1. The second kappa shape index (κ2) is 5.78. The van der Waals surface area contributed by atoms with E-state index in [0.717, 1.165) is 8.66 Å². The summed E-state index contributed by atoms with van der Waals surface area (Å²) in [7, 11) is 1.49. The standard InChI is InChI=1S/C12H8BrCl2FOS/c1-17-8-4-2-3-7(16)10(8)11(15)9-5-6(14)12(13)18-9/h2-5,11H,1H3. The van der Waals surface area contributed by atoms with Gasteiger partial charge in [-0.15, -0.1) is 22.9 Å². The van der Waals surface area contributed by atoms with Gasteiger partial charge in [-0.25, -0.2) is 4.39 Å². The molecule has 0 N–H and O–H groups in total. The summed E-state index contributed by atoms with van der Waals surface area (Å²) < 4.78 is 19.8. The predicted molar refractivity (Wildman–Crippen MR) is 77.7 cm³/mol. The molecule has 0 fully saturated rings. The van der Waals surface area contributed by atoms with Gasteiger partial charge in [0.1, 0.15) is 11.6 Å². The first-order valence-electron chi connectivity index (χ1n) is 4.95. The van der Waals surface area contributed by atoms with Crippen LogP contribution in [-0.2, 0) is 0 Å². The number of benzene rings is 1. The largest absolute Gasteiger partial charge is 0.496 e. The first-order valence-corrected chi connectivity index (χ1v) is 7.38. The van der Waals surface area contributed by atoms with E-state index in [1.165, 1.54) is 24.5 Å². The van der Waals surface area contributed by atoms with Crippen LogP contribution in [0.25, 0.3) is 0 Å². The van der Waals surface area contributed by atoms with Crippen LogP contribution in [-0.4, -0.2) is 7.11 Å². The highest BCUT2D eigenvalue weighted by Gasteiger charge is 2.22. The molecule has 1 aromatic heterocycles. The molecule has 0 bridgehead atoms. The summed E-state index contributed by atoms with van der Waals surface area (Å²) in [6, 6.07) is 6.34. The molecular weight excluding hydrogens is 362 g/mol. The van der Waals surface area contributed by atoms with Crippen LogP contribution in [0.3, 0.4) is 0 Å². The number of rotatable bonds is 3.